The van der Waals surface area contributed by atoms with Crippen LogP contribution >= 0.6 is 0 Å². The molecule has 24 heavy (non-hydrogen) atoms. The quantitative estimate of drug-likeness (QED) is 0.642. The van der Waals surface area contributed by atoms with E-state index < -0.39 is 0 Å². The molecule has 0 aromatic heterocycles. The summed E-state index contributed by atoms with van der Waals surface area (Å²) in [7, 11) is 0. The van der Waals surface area contributed by atoms with Crippen molar-refractivity contribution in [2.75, 3.05) is 32.8 Å². The number of hydrogen-bond donors (Lipinski definition) is 3. The summed E-state index contributed by atoms with van der Waals surface area (Å²) in [6.45, 7) is 7.26. The minimum absolute atomic E-state index is 0.0984. The summed E-state index contributed by atoms with van der Waals surface area (Å²) in [6, 6.07) is 6.22. The summed E-state index contributed by atoms with van der Waals surface area (Å²) >= 11 is 0. The van der Waals surface area contributed by atoms with E-state index in [1.807, 2.05) is 13.0 Å². The average molecular weight is 334 g/mol. The Hall–Kier alpha value is -1.59. The number of amides is 1. The fourth-order valence-corrected chi connectivity index (χ4v) is 3.21. The van der Waals surface area contributed by atoms with Gasteiger partial charge in [-0.3, -0.25) is 4.79 Å². The lowest BCUT2D eigenvalue weighted by Gasteiger charge is -2.16. The highest BCUT2D eigenvalue weighted by molar-refractivity contribution is 5.75. The van der Waals surface area contributed by atoms with Crippen LogP contribution in [0.1, 0.15) is 30.9 Å². The van der Waals surface area contributed by atoms with Crippen LogP contribution in [0.5, 0.6) is 5.75 Å². The number of aliphatic hydroxyl groups is 1. The van der Waals surface area contributed by atoms with Gasteiger partial charge in [0, 0.05) is 38.6 Å². The molecule has 1 aromatic carbocycles. The van der Waals surface area contributed by atoms with Crippen molar-refractivity contribution in [3.63, 3.8) is 0 Å². The van der Waals surface area contributed by atoms with E-state index in [0.717, 1.165) is 37.2 Å². The number of carbonyl (C=O) groups excluding carboxylic acids is 1. The van der Waals surface area contributed by atoms with E-state index >= 15 is 0 Å². The monoisotopic (exact) mass is 334 g/mol. The van der Waals surface area contributed by atoms with Crippen molar-refractivity contribution in [3.05, 3.63) is 29.3 Å². The Bertz CT molecular complexity index is 533. The third-order valence-corrected chi connectivity index (χ3v) is 4.68. The summed E-state index contributed by atoms with van der Waals surface area (Å²) in [5, 5.41) is 15.5. The van der Waals surface area contributed by atoms with Gasteiger partial charge >= 0.3 is 0 Å². The maximum atomic E-state index is 12.0. The molecule has 1 aliphatic heterocycles. The van der Waals surface area contributed by atoms with E-state index in [9.17, 15) is 9.90 Å². The number of aryl methyl sites for hydroxylation is 2. The third-order valence-electron chi connectivity index (χ3n) is 4.68. The molecule has 134 valence electrons. The highest BCUT2D eigenvalue weighted by Gasteiger charge is 2.26. The molecule has 3 N–H and O–H groups in total. The van der Waals surface area contributed by atoms with Crippen LogP contribution in [-0.2, 0) is 11.2 Å². The molecule has 5 heteroatoms. The summed E-state index contributed by atoms with van der Waals surface area (Å²) < 4.78 is 5.55. The summed E-state index contributed by atoms with van der Waals surface area (Å²) in [4.78, 5) is 12.0. The van der Waals surface area contributed by atoms with Crippen molar-refractivity contribution in [2.45, 2.75) is 33.1 Å². The van der Waals surface area contributed by atoms with Crippen molar-refractivity contribution in [1.82, 2.24) is 10.6 Å². The predicted molar refractivity (Wildman–Crippen MR) is 95.2 cm³/mol. The Morgan fingerprint density at radius 3 is 2.88 bits per heavy atom. The number of nitrogens with one attached hydrogen (secondary N) is 2. The number of hydrogen-bond acceptors (Lipinski definition) is 4. The summed E-state index contributed by atoms with van der Waals surface area (Å²) in [5.41, 5.74) is 2.38. The number of rotatable bonds is 9. The molecular weight excluding hydrogens is 304 g/mol. The third kappa shape index (κ3) is 5.49. The van der Waals surface area contributed by atoms with Gasteiger partial charge in [-0.2, -0.15) is 0 Å². The number of carbonyl (C=O) groups is 1. The van der Waals surface area contributed by atoms with E-state index in [-0.39, 0.29) is 18.4 Å². The Balaban J connectivity index is 1.68. The first-order valence-electron chi connectivity index (χ1n) is 8.94. The number of benzene rings is 1. The van der Waals surface area contributed by atoms with E-state index in [1.165, 1.54) is 5.56 Å². The van der Waals surface area contributed by atoms with Gasteiger partial charge in [-0.25, -0.2) is 0 Å². The van der Waals surface area contributed by atoms with Crippen LogP contribution in [0.3, 0.4) is 0 Å². The molecule has 1 amide bonds. The molecular formula is C19H30N2O3. The predicted octanol–water partition coefficient (Wildman–Crippen LogP) is 1.66. The highest BCUT2D eigenvalue weighted by Crippen LogP contribution is 2.20. The fourth-order valence-electron chi connectivity index (χ4n) is 3.21. The normalized spacial score (nSPS) is 20.1. The molecule has 1 aromatic rings. The first-order chi connectivity index (χ1) is 11.6. The largest absolute Gasteiger partial charge is 0.494 e. The zero-order valence-electron chi connectivity index (χ0n) is 14.8. The van der Waals surface area contributed by atoms with E-state index in [1.54, 1.807) is 0 Å². The van der Waals surface area contributed by atoms with E-state index in [4.69, 9.17) is 4.74 Å². The van der Waals surface area contributed by atoms with E-state index in [2.05, 4.69) is 29.7 Å². The molecule has 0 aliphatic carbocycles. The zero-order valence-corrected chi connectivity index (χ0v) is 14.8. The van der Waals surface area contributed by atoms with Crippen molar-refractivity contribution in [1.29, 1.82) is 0 Å². The fraction of sp³-hybridized carbons (Fsp3) is 0.632. The molecule has 1 heterocycles. The Labute approximate surface area is 144 Å². The minimum atomic E-state index is 0.0984. The lowest BCUT2D eigenvalue weighted by Crippen LogP contribution is -2.33. The van der Waals surface area contributed by atoms with E-state index in [0.29, 0.717) is 25.5 Å². The SMILES string of the molecule is CCOc1ccc(CCCC(=O)NC[C@@H]2CNC[C@H]2CO)cc1C. The maximum absolute atomic E-state index is 12.0. The lowest BCUT2D eigenvalue weighted by molar-refractivity contribution is -0.121. The molecule has 0 saturated carbocycles. The Kier molecular flexibility index (Phi) is 7.53. The summed E-state index contributed by atoms with van der Waals surface area (Å²) in [6.07, 6.45) is 2.27. The number of ether oxygens (including phenoxy) is 1. The molecule has 2 atom stereocenters. The van der Waals surface area contributed by atoms with Crippen LogP contribution in [0.2, 0.25) is 0 Å². The van der Waals surface area contributed by atoms with Crippen molar-refractivity contribution in [2.24, 2.45) is 11.8 Å². The lowest BCUT2D eigenvalue weighted by atomic mass is 9.97. The van der Waals surface area contributed by atoms with Gasteiger partial charge in [-0.05, 0) is 49.8 Å². The Morgan fingerprint density at radius 2 is 2.17 bits per heavy atom. The highest BCUT2D eigenvalue weighted by atomic mass is 16.5. The first kappa shape index (κ1) is 18.7. The molecule has 1 saturated heterocycles. The second-order valence-corrected chi connectivity index (χ2v) is 6.55. The van der Waals surface area contributed by atoms with Crippen molar-refractivity contribution in [3.8, 4) is 5.75 Å². The molecule has 1 fully saturated rings. The van der Waals surface area contributed by atoms with Crippen LogP contribution < -0.4 is 15.4 Å². The second kappa shape index (κ2) is 9.64. The van der Waals surface area contributed by atoms with Gasteiger partial charge in [0.25, 0.3) is 0 Å². The second-order valence-electron chi connectivity index (χ2n) is 6.55. The smallest absolute Gasteiger partial charge is 0.220 e. The van der Waals surface area contributed by atoms with Crippen molar-refractivity contribution < 1.29 is 14.6 Å². The molecule has 0 bridgehead atoms. The van der Waals surface area contributed by atoms with Crippen LogP contribution in [-0.4, -0.2) is 43.9 Å². The topological polar surface area (TPSA) is 70.6 Å². The molecule has 0 radical (unpaired) electrons. The van der Waals surface area contributed by atoms with Gasteiger partial charge in [-0.15, -0.1) is 0 Å². The van der Waals surface area contributed by atoms with Crippen LogP contribution in [0.4, 0.5) is 0 Å². The van der Waals surface area contributed by atoms with Crippen LogP contribution in [0.25, 0.3) is 0 Å². The maximum Gasteiger partial charge on any atom is 0.220 e. The average Bonchev–Trinajstić information content (AvgIpc) is 3.03. The zero-order chi connectivity index (χ0) is 17.4. The van der Waals surface area contributed by atoms with Gasteiger partial charge in [0.15, 0.2) is 0 Å². The minimum Gasteiger partial charge on any atom is -0.494 e. The summed E-state index contributed by atoms with van der Waals surface area (Å²) in [5.74, 6) is 1.63. The van der Waals surface area contributed by atoms with Gasteiger partial charge in [0.2, 0.25) is 5.91 Å². The molecule has 1 aliphatic rings. The molecule has 0 spiro atoms. The molecule has 2 rings (SSSR count). The molecule has 5 nitrogen and oxygen atoms in total. The van der Waals surface area contributed by atoms with Crippen molar-refractivity contribution >= 4 is 5.91 Å². The van der Waals surface area contributed by atoms with Crippen LogP contribution in [0.15, 0.2) is 18.2 Å². The Morgan fingerprint density at radius 1 is 1.38 bits per heavy atom. The van der Waals surface area contributed by atoms with Crippen LogP contribution in [0, 0.1) is 18.8 Å². The van der Waals surface area contributed by atoms with Gasteiger partial charge < -0.3 is 20.5 Å². The number of aliphatic hydroxyl groups excluding tert-OH is 1. The standard InChI is InChI=1S/C19H30N2O3/c1-3-24-18-8-7-15(9-14(18)2)5-4-6-19(23)21-12-16-10-20-11-17(16)13-22/h7-9,16-17,20,22H,3-6,10-13H2,1-2H3,(H,21,23)/t16-,17-/m0/s1. The first-order valence-corrected chi connectivity index (χ1v) is 8.94. The molecule has 0 unspecified atom stereocenters. The van der Waals surface area contributed by atoms with Gasteiger partial charge in [0.1, 0.15) is 5.75 Å². The van der Waals surface area contributed by atoms with Gasteiger partial charge in [0.05, 0.1) is 6.61 Å². The van der Waals surface area contributed by atoms with Gasteiger partial charge in [-0.1, -0.05) is 12.1 Å².